The summed E-state index contributed by atoms with van der Waals surface area (Å²) in [5.41, 5.74) is 6.71. The van der Waals surface area contributed by atoms with Gasteiger partial charge < -0.3 is 9.94 Å². The summed E-state index contributed by atoms with van der Waals surface area (Å²) in [7, 11) is 0. The lowest BCUT2D eigenvalue weighted by Crippen LogP contribution is -2.44. The third-order valence-corrected chi connectivity index (χ3v) is 3.08. The average molecular weight is 315 g/mol. The minimum atomic E-state index is -0.523. The number of aromatic nitrogens is 1. The molecule has 0 unspecified atom stereocenters. The molecule has 0 fully saturated rings. The third-order valence-electron chi connectivity index (χ3n) is 3.08. The molecule has 7 heteroatoms. The van der Waals surface area contributed by atoms with E-state index in [2.05, 4.69) is 10.9 Å². The van der Waals surface area contributed by atoms with Gasteiger partial charge in [0.2, 0.25) is 0 Å². The molecule has 0 aliphatic carbocycles. The van der Waals surface area contributed by atoms with Crippen LogP contribution in [-0.2, 0) is 4.79 Å². The third kappa shape index (κ3) is 4.70. The smallest absolute Gasteiger partial charge is 0.276 e. The Hall–Kier alpha value is -3.09. The molecule has 2 rings (SSSR count). The SMILES string of the molecule is Cc1ccc(C)c(OCC(=O)NNC(=O)c2cc[n+]([O-])cc2)c1. The molecule has 1 heterocycles. The summed E-state index contributed by atoms with van der Waals surface area (Å²) in [6, 6.07) is 8.39. The lowest BCUT2D eigenvalue weighted by atomic mass is 10.1. The van der Waals surface area contributed by atoms with Gasteiger partial charge in [0.15, 0.2) is 19.0 Å². The fourth-order valence-electron chi connectivity index (χ4n) is 1.80. The second kappa shape index (κ2) is 7.26. The van der Waals surface area contributed by atoms with Gasteiger partial charge in [0, 0.05) is 12.1 Å². The van der Waals surface area contributed by atoms with Gasteiger partial charge in [-0.1, -0.05) is 12.1 Å². The molecule has 0 aliphatic rings. The van der Waals surface area contributed by atoms with Crippen molar-refractivity contribution in [2.75, 3.05) is 6.61 Å². The zero-order chi connectivity index (χ0) is 16.8. The number of aryl methyl sites for hydroxylation is 2. The molecular weight excluding hydrogens is 298 g/mol. The maximum Gasteiger partial charge on any atom is 0.276 e. The maximum atomic E-state index is 11.8. The number of nitrogens with zero attached hydrogens (tertiary/aromatic N) is 1. The van der Waals surface area contributed by atoms with Crippen LogP contribution >= 0.6 is 0 Å². The first-order valence-electron chi connectivity index (χ1n) is 6.94. The van der Waals surface area contributed by atoms with E-state index in [4.69, 9.17) is 4.74 Å². The van der Waals surface area contributed by atoms with Crippen molar-refractivity contribution in [3.8, 4) is 5.75 Å². The summed E-state index contributed by atoms with van der Waals surface area (Å²) in [6.07, 6.45) is 2.39. The number of benzene rings is 1. The molecule has 7 nitrogen and oxygen atoms in total. The van der Waals surface area contributed by atoms with Crippen LogP contribution in [0.1, 0.15) is 21.5 Å². The molecule has 0 atom stereocenters. The number of hydrogen-bond acceptors (Lipinski definition) is 4. The van der Waals surface area contributed by atoms with Gasteiger partial charge in [-0.3, -0.25) is 20.4 Å². The van der Waals surface area contributed by atoms with Crippen molar-refractivity contribution in [1.29, 1.82) is 0 Å². The van der Waals surface area contributed by atoms with Crippen molar-refractivity contribution in [2.24, 2.45) is 0 Å². The number of carbonyl (C=O) groups is 2. The van der Waals surface area contributed by atoms with Crippen molar-refractivity contribution in [3.63, 3.8) is 0 Å². The zero-order valence-electron chi connectivity index (χ0n) is 12.8. The Morgan fingerprint density at radius 2 is 1.83 bits per heavy atom. The molecule has 2 aromatic rings. The fraction of sp³-hybridized carbons (Fsp3) is 0.188. The van der Waals surface area contributed by atoms with Crippen LogP contribution in [0.4, 0.5) is 0 Å². The molecule has 0 aliphatic heterocycles. The monoisotopic (exact) mass is 315 g/mol. The number of amides is 2. The number of pyridine rings is 1. The first-order chi connectivity index (χ1) is 11.0. The molecule has 2 amide bonds. The second-order valence-corrected chi connectivity index (χ2v) is 5.01. The van der Waals surface area contributed by atoms with E-state index in [1.54, 1.807) is 0 Å². The van der Waals surface area contributed by atoms with Crippen LogP contribution in [0.2, 0.25) is 0 Å². The fourth-order valence-corrected chi connectivity index (χ4v) is 1.80. The predicted octanol–water partition coefficient (Wildman–Crippen LogP) is 0.777. The lowest BCUT2D eigenvalue weighted by Gasteiger charge is -2.11. The Labute approximate surface area is 133 Å². The first-order valence-corrected chi connectivity index (χ1v) is 6.94. The lowest BCUT2D eigenvalue weighted by molar-refractivity contribution is -0.605. The Morgan fingerprint density at radius 1 is 1.13 bits per heavy atom. The van der Waals surface area contributed by atoms with Crippen molar-refractivity contribution < 1.29 is 19.1 Å². The number of hydrogen-bond donors (Lipinski definition) is 2. The highest BCUT2D eigenvalue weighted by Gasteiger charge is 2.09. The highest BCUT2D eigenvalue weighted by atomic mass is 16.5. The number of hydrazine groups is 1. The highest BCUT2D eigenvalue weighted by Crippen LogP contribution is 2.18. The van der Waals surface area contributed by atoms with E-state index in [-0.39, 0.29) is 12.2 Å². The normalized spacial score (nSPS) is 10.0. The zero-order valence-corrected chi connectivity index (χ0v) is 12.8. The predicted molar refractivity (Wildman–Crippen MR) is 82.4 cm³/mol. The van der Waals surface area contributed by atoms with E-state index < -0.39 is 11.8 Å². The molecule has 23 heavy (non-hydrogen) atoms. The van der Waals surface area contributed by atoms with Gasteiger partial charge in [-0.15, -0.1) is 0 Å². The van der Waals surface area contributed by atoms with Crippen LogP contribution in [0.15, 0.2) is 42.7 Å². The van der Waals surface area contributed by atoms with Crippen LogP contribution < -0.4 is 20.3 Å². The van der Waals surface area contributed by atoms with Crippen LogP contribution in [0.3, 0.4) is 0 Å². The minimum absolute atomic E-state index is 0.222. The summed E-state index contributed by atoms with van der Waals surface area (Å²) in [5.74, 6) is -0.394. The Bertz CT molecular complexity index is 714. The van der Waals surface area contributed by atoms with Gasteiger partial charge >= 0.3 is 0 Å². The molecule has 2 N–H and O–H groups in total. The molecule has 0 saturated heterocycles. The van der Waals surface area contributed by atoms with Crippen LogP contribution in [0.5, 0.6) is 5.75 Å². The number of ether oxygens (including phenoxy) is 1. The van der Waals surface area contributed by atoms with Gasteiger partial charge in [0.05, 0.1) is 5.56 Å². The van der Waals surface area contributed by atoms with Gasteiger partial charge in [0.25, 0.3) is 11.8 Å². The summed E-state index contributed by atoms with van der Waals surface area (Å²) in [4.78, 5) is 23.5. The van der Waals surface area contributed by atoms with Crippen LogP contribution in [0.25, 0.3) is 0 Å². The van der Waals surface area contributed by atoms with E-state index in [9.17, 15) is 14.8 Å². The number of nitrogens with one attached hydrogen (secondary N) is 2. The summed E-state index contributed by atoms with van der Waals surface area (Å²) in [5, 5.41) is 10.9. The molecule has 0 radical (unpaired) electrons. The Kier molecular flexibility index (Phi) is 5.14. The van der Waals surface area contributed by atoms with Crippen molar-refractivity contribution in [3.05, 3.63) is 64.6 Å². The molecule has 0 spiro atoms. The van der Waals surface area contributed by atoms with Crippen LogP contribution in [-0.4, -0.2) is 18.4 Å². The van der Waals surface area contributed by atoms with Gasteiger partial charge in [-0.2, -0.15) is 4.73 Å². The summed E-state index contributed by atoms with van der Waals surface area (Å²) < 4.78 is 5.99. The maximum absolute atomic E-state index is 11.8. The Balaban J connectivity index is 1.82. The molecule has 0 bridgehead atoms. The van der Waals surface area contributed by atoms with E-state index in [0.717, 1.165) is 11.1 Å². The van der Waals surface area contributed by atoms with Gasteiger partial charge in [0.1, 0.15) is 5.75 Å². The van der Waals surface area contributed by atoms with Crippen molar-refractivity contribution in [1.82, 2.24) is 10.9 Å². The van der Waals surface area contributed by atoms with E-state index in [0.29, 0.717) is 10.5 Å². The second-order valence-electron chi connectivity index (χ2n) is 5.01. The minimum Gasteiger partial charge on any atom is -0.619 e. The topological polar surface area (TPSA) is 94.4 Å². The average Bonchev–Trinajstić information content (AvgIpc) is 2.54. The quantitative estimate of drug-likeness (QED) is 0.495. The molecule has 1 aromatic heterocycles. The van der Waals surface area contributed by atoms with Gasteiger partial charge in [-0.05, 0) is 31.0 Å². The molecule has 0 saturated carbocycles. The van der Waals surface area contributed by atoms with E-state index in [1.807, 2.05) is 32.0 Å². The Morgan fingerprint density at radius 3 is 2.52 bits per heavy atom. The molecule has 1 aromatic carbocycles. The largest absolute Gasteiger partial charge is 0.619 e. The first kappa shape index (κ1) is 16.3. The highest BCUT2D eigenvalue weighted by molar-refractivity contribution is 5.95. The standard InChI is InChI=1S/C16H17N3O4/c1-11-3-4-12(2)14(9-11)23-10-15(20)17-18-16(21)13-5-7-19(22)8-6-13/h3-9H,10H2,1-2H3,(H,17,20)(H,18,21). The summed E-state index contributed by atoms with van der Waals surface area (Å²) >= 11 is 0. The molecule has 120 valence electrons. The number of carbonyl (C=O) groups excluding carboxylic acids is 2. The molecular formula is C16H17N3O4. The van der Waals surface area contributed by atoms with Crippen molar-refractivity contribution >= 4 is 11.8 Å². The van der Waals surface area contributed by atoms with Crippen LogP contribution in [0, 0.1) is 19.1 Å². The number of rotatable bonds is 4. The van der Waals surface area contributed by atoms with E-state index >= 15 is 0 Å². The van der Waals surface area contributed by atoms with Gasteiger partial charge in [-0.25, -0.2) is 0 Å². The van der Waals surface area contributed by atoms with Crippen molar-refractivity contribution in [2.45, 2.75) is 13.8 Å². The van der Waals surface area contributed by atoms with E-state index in [1.165, 1.54) is 24.5 Å². The summed E-state index contributed by atoms with van der Waals surface area (Å²) in [6.45, 7) is 3.59.